The van der Waals surface area contributed by atoms with E-state index >= 15 is 0 Å². The van der Waals surface area contributed by atoms with Gasteiger partial charge in [0.25, 0.3) is 5.91 Å². The van der Waals surface area contributed by atoms with E-state index in [4.69, 9.17) is 21.9 Å². The van der Waals surface area contributed by atoms with Gasteiger partial charge in [-0.15, -0.1) is 0 Å². The molecule has 0 radical (unpaired) electrons. The van der Waals surface area contributed by atoms with Gasteiger partial charge in [-0.25, -0.2) is 0 Å². The number of nitrogens with zero attached hydrogens (tertiary/aromatic N) is 1. The Morgan fingerprint density at radius 3 is 2.61 bits per heavy atom. The fourth-order valence-corrected chi connectivity index (χ4v) is 1.94. The van der Waals surface area contributed by atoms with Crippen LogP contribution < -0.4 is 5.73 Å². The molecule has 4 nitrogen and oxygen atoms in total. The fourth-order valence-electron chi connectivity index (χ4n) is 1.82. The number of aryl methyl sites for hydroxylation is 3. The highest BCUT2D eigenvalue weighted by Crippen LogP contribution is 2.16. The van der Waals surface area contributed by atoms with Crippen LogP contribution in [-0.2, 0) is 12.8 Å². The van der Waals surface area contributed by atoms with Crippen molar-refractivity contribution in [2.45, 2.75) is 19.8 Å². The summed E-state index contributed by atoms with van der Waals surface area (Å²) in [5.41, 5.74) is 7.41. The first-order chi connectivity index (χ1) is 8.58. The van der Waals surface area contributed by atoms with Crippen LogP contribution in [0.1, 0.15) is 27.4 Å². The van der Waals surface area contributed by atoms with Gasteiger partial charge in [-0.05, 0) is 37.5 Å². The molecule has 0 atom stereocenters. The molecule has 0 unspecified atom stereocenters. The molecule has 0 saturated heterocycles. The Balaban J connectivity index is 2.11. The molecular formula is C13H13ClN2O2. The van der Waals surface area contributed by atoms with Crippen LogP contribution in [-0.4, -0.2) is 11.1 Å². The van der Waals surface area contributed by atoms with Crippen LogP contribution in [0.15, 0.2) is 28.8 Å². The molecule has 94 valence electrons. The minimum atomic E-state index is -0.500. The zero-order valence-electron chi connectivity index (χ0n) is 9.94. The molecule has 0 spiro atoms. The van der Waals surface area contributed by atoms with E-state index in [9.17, 15) is 4.79 Å². The molecule has 0 bridgehead atoms. The second-order valence-electron chi connectivity index (χ2n) is 4.05. The van der Waals surface area contributed by atoms with E-state index in [0.717, 1.165) is 12.0 Å². The number of amides is 1. The van der Waals surface area contributed by atoms with Crippen molar-refractivity contribution < 1.29 is 9.32 Å². The van der Waals surface area contributed by atoms with Crippen LogP contribution in [0.25, 0.3) is 0 Å². The summed E-state index contributed by atoms with van der Waals surface area (Å²) in [5.74, 6) is -0.0338. The molecule has 2 aromatic rings. The standard InChI is InChI=1S/C13H13ClN2O2/c1-8-12(13(15)17)11(16-18-8)7-4-9-2-5-10(14)6-3-9/h2-3,5-6H,4,7H2,1H3,(H2,15,17). The quantitative estimate of drug-likeness (QED) is 0.922. The molecule has 2 N–H and O–H groups in total. The van der Waals surface area contributed by atoms with Gasteiger partial charge in [0.15, 0.2) is 0 Å². The van der Waals surface area contributed by atoms with Crippen LogP contribution in [0, 0.1) is 6.92 Å². The number of hydrogen-bond acceptors (Lipinski definition) is 3. The van der Waals surface area contributed by atoms with E-state index in [0.29, 0.717) is 28.5 Å². The van der Waals surface area contributed by atoms with Crippen molar-refractivity contribution in [1.82, 2.24) is 5.16 Å². The predicted molar refractivity (Wildman–Crippen MR) is 68.6 cm³/mol. The van der Waals surface area contributed by atoms with Gasteiger partial charge in [-0.1, -0.05) is 28.9 Å². The van der Waals surface area contributed by atoms with Crippen molar-refractivity contribution in [2.24, 2.45) is 5.73 Å². The zero-order valence-corrected chi connectivity index (χ0v) is 10.7. The summed E-state index contributed by atoms with van der Waals surface area (Å²) in [6.07, 6.45) is 1.36. The fraction of sp³-hybridized carbons (Fsp3) is 0.231. The summed E-state index contributed by atoms with van der Waals surface area (Å²) in [6, 6.07) is 7.55. The van der Waals surface area contributed by atoms with Gasteiger partial charge in [0.05, 0.1) is 5.69 Å². The maximum Gasteiger partial charge on any atom is 0.254 e. The molecular weight excluding hydrogens is 252 g/mol. The average molecular weight is 265 g/mol. The van der Waals surface area contributed by atoms with Gasteiger partial charge in [0.1, 0.15) is 11.3 Å². The second kappa shape index (κ2) is 5.23. The molecule has 0 fully saturated rings. The number of rotatable bonds is 4. The molecule has 18 heavy (non-hydrogen) atoms. The molecule has 0 aliphatic carbocycles. The first-order valence-electron chi connectivity index (χ1n) is 5.57. The molecule has 0 aliphatic rings. The van der Waals surface area contributed by atoms with Crippen molar-refractivity contribution in [3.8, 4) is 0 Å². The summed E-state index contributed by atoms with van der Waals surface area (Å²) in [5, 5.41) is 4.57. The minimum Gasteiger partial charge on any atom is -0.365 e. The second-order valence-corrected chi connectivity index (χ2v) is 4.49. The van der Waals surface area contributed by atoms with Crippen molar-refractivity contribution in [3.05, 3.63) is 51.9 Å². The van der Waals surface area contributed by atoms with E-state index in [1.54, 1.807) is 6.92 Å². The summed E-state index contributed by atoms with van der Waals surface area (Å²) in [4.78, 5) is 11.3. The van der Waals surface area contributed by atoms with E-state index < -0.39 is 5.91 Å². The predicted octanol–water partition coefficient (Wildman–Crippen LogP) is 2.52. The van der Waals surface area contributed by atoms with Gasteiger partial charge in [0.2, 0.25) is 0 Å². The highest BCUT2D eigenvalue weighted by Gasteiger charge is 2.17. The zero-order chi connectivity index (χ0) is 13.1. The van der Waals surface area contributed by atoms with Gasteiger partial charge in [0, 0.05) is 5.02 Å². The third-order valence-corrected chi connectivity index (χ3v) is 3.00. The lowest BCUT2D eigenvalue weighted by molar-refractivity contribution is 0.0998. The molecule has 1 amide bonds. The van der Waals surface area contributed by atoms with Crippen LogP contribution >= 0.6 is 11.6 Å². The molecule has 5 heteroatoms. The normalized spacial score (nSPS) is 10.6. The van der Waals surface area contributed by atoms with Crippen LogP contribution in [0.4, 0.5) is 0 Å². The number of primary amides is 1. The highest BCUT2D eigenvalue weighted by molar-refractivity contribution is 6.30. The van der Waals surface area contributed by atoms with Crippen LogP contribution in [0.2, 0.25) is 5.02 Å². The Morgan fingerprint density at radius 2 is 2.00 bits per heavy atom. The lowest BCUT2D eigenvalue weighted by Gasteiger charge is -2.00. The van der Waals surface area contributed by atoms with Gasteiger partial charge < -0.3 is 10.3 Å². The number of benzene rings is 1. The molecule has 0 saturated carbocycles. The lowest BCUT2D eigenvalue weighted by atomic mass is 10.0. The Morgan fingerprint density at radius 1 is 1.33 bits per heavy atom. The molecule has 1 heterocycles. The Kier molecular flexibility index (Phi) is 3.67. The average Bonchev–Trinajstić information content (AvgIpc) is 2.70. The summed E-state index contributed by atoms with van der Waals surface area (Å²) in [7, 11) is 0. The lowest BCUT2D eigenvalue weighted by Crippen LogP contribution is -2.14. The van der Waals surface area contributed by atoms with E-state index in [1.165, 1.54) is 0 Å². The molecule has 2 rings (SSSR count). The minimum absolute atomic E-state index is 0.393. The van der Waals surface area contributed by atoms with Crippen LogP contribution in [0.3, 0.4) is 0 Å². The van der Waals surface area contributed by atoms with Gasteiger partial charge in [-0.3, -0.25) is 4.79 Å². The number of halogens is 1. The SMILES string of the molecule is Cc1onc(CCc2ccc(Cl)cc2)c1C(N)=O. The Labute approximate surface area is 110 Å². The Bertz CT molecular complexity index is 561. The largest absolute Gasteiger partial charge is 0.365 e. The summed E-state index contributed by atoms with van der Waals surface area (Å²) >= 11 is 5.81. The third kappa shape index (κ3) is 2.71. The van der Waals surface area contributed by atoms with Gasteiger partial charge >= 0.3 is 0 Å². The van der Waals surface area contributed by atoms with Crippen molar-refractivity contribution in [3.63, 3.8) is 0 Å². The summed E-state index contributed by atoms with van der Waals surface area (Å²) < 4.78 is 4.99. The van der Waals surface area contributed by atoms with Gasteiger partial charge in [-0.2, -0.15) is 0 Å². The number of hydrogen-bond donors (Lipinski definition) is 1. The number of carbonyl (C=O) groups excluding carboxylic acids is 1. The first kappa shape index (κ1) is 12.6. The van der Waals surface area contributed by atoms with Crippen LogP contribution in [0.5, 0.6) is 0 Å². The maximum atomic E-state index is 11.3. The maximum absolute atomic E-state index is 11.3. The van der Waals surface area contributed by atoms with E-state index in [1.807, 2.05) is 24.3 Å². The molecule has 1 aromatic carbocycles. The topological polar surface area (TPSA) is 69.1 Å². The number of nitrogens with two attached hydrogens (primary N) is 1. The van der Waals surface area contributed by atoms with E-state index in [-0.39, 0.29) is 0 Å². The van der Waals surface area contributed by atoms with Crippen molar-refractivity contribution in [2.75, 3.05) is 0 Å². The highest BCUT2D eigenvalue weighted by atomic mass is 35.5. The first-order valence-corrected chi connectivity index (χ1v) is 5.95. The monoisotopic (exact) mass is 264 g/mol. The number of aromatic nitrogens is 1. The molecule has 0 aliphatic heterocycles. The molecule has 1 aromatic heterocycles. The summed E-state index contributed by atoms with van der Waals surface area (Å²) in [6.45, 7) is 1.68. The third-order valence-electron chi connectivity index (χ3n) is 2.74. The number of carbonyl (C=O) groups is 1. The van der Waals surface area contributed by atoms with Crippen molar-refractivity contribution >= 4 is 17.5 Å². The van der Waals surface area contributed by atoms with E-state index in [2.05, 4.69) is 5.16 Å². The smallest absolute Gasteiger partial charge is 0.254 e. The van der Waals surface area contributed by atoms with Crippen molar-refractivity contribution in [1.29, 1.82) is 0 Å². The Hall–Kier alpha value is -1.81.